The highest BCUT2D eigenvalue weighted by Gasteiger charge is 2.18. The van der Waals surface area contributed by atoms with Gasteiger partial charge in [0, 0.05) is 50.2 Å². The first-order valence-corrected chi connectivity index (χ1v) is 18.8. The number of nitrogens with zero attached hydrogens (tertiary/aromatic N) is 5. The molecule has 0 amide bonds. The van der Waals surface area contributed by atoms with Gasteiger partial charge in [-0.25, -0.2) is 15.0 Å². The summed E-state index contributed by atoms with van der Waals surface area (Å²) in [6.45, 7) is 0. The molecule has 0 atom stereocenters. The maximum Gasteiger partial charge on any atom is 0.164 e. The molecule has 10 aromatic rings. The number of anilines is 3. The second-order valence-corrected chi connectivity index (χ2v) is 13.7. The summed E-state index contributed by atoms with van der Waals surface area (Å²) in [6, 6.07) is 74.0. The van der Waals surface area contributed by atoms with E-state index in [4.69, 9.17) is 15.0 Å². The van der Waals surface area contributed by atoms with Gasteiger partial charge in [0.2, 0.25) is 0 Å². The van der Waals surface area contributed by atoms with Crippen LogP contribution in [0, 0.1) is 0 Å². The van der Waals surface area contributed by atoms with Gasteiger partial charge in [-0.2, -0.15) is 0 Å². The van der Waals surface area contributed by atoms with Gasteiger partial charge in [0.1, 0.15) is 0 Å². The van der Waals surface area contributed by atoms with E-state index in [2.05, 4.69) is 155 Å². The van der Waals surface area contributed by atoms with Gasteiger partial charge in [-0.1, -0.05) is 146 Å². The molecule has 0 unspecified atom stereocenters. The van der Waals surface area contributed by atoms with Crippen LogP contribution in [0.3, 0.4) is 0 Å². The molecule has 5 nitrogen and oxygen atoms in total. The lowest BCUT2D eigenvalue weighted by Gasteiger charge is -2.26. The third-order valence-electron chi connectivity index (χ3n) is 10.2. The van der Waals surface area contributed by atoms with Crippen LogP contribution in [0.5, 0.6) is 0 Å². The van der Waals surface area contributed by atoms with Crippen molar-refractivity contribution < 1.29 is 0 Å². The van der Waals surface area contributed by atoms with E-state index in [0.29, 0.717) is 17.5 Å². The molecule has 0 fully saturated rings. The molecule has 0 spiro atoms. The normalized spacial score (nSPS) is 11.2. The summed E-state index contributed by atoms with van der Waals surface area (Å²) in [5, 5.41) is 2.47. The molecule has 0 N–H and O–H groups in total. The van der Waals surface area contributed by atoms with Crippen molar-refractivity contribution >= 4 is 38.9 Å². The van der Waals surface area contributed by atoms with Crippen molar-refractivity contribution in [3.05, 3.63) is 212 Å². The zero-order valence-electron chi connectivity index (χ0n) is 30.4. The van der Waals surface area contributed by atoms with E-state index in [0.717, 1.165) is 45.0 Å². The van der Waals surface area contributed by atoms with Gasteiger partial charge in [-0.15, -0.1) is 0 Å². The Hall–Kier alpha value is -7.63. The van der Waals surface area contributed by atoms with Crippen LogP contribution < -0.4 is 4.90 Å². The fourth-order valence-corrected chi connectivity index (χ4v) is 7.56. The fourth-order valence-electron chi connectivity index (χ4n) is 7.56. The number of benzene rings is 8. The standard InChI is InChI=1S/C51H35N5/c1-5-16-37(17-6-1)49-52-50(38-18-7-2-8-19-38)54-51(53-49)40-20-15-25-44(34-40)55(41-21-9-3-10-22-41)43-31-28-36(29-32-43)39-30-33-48-46(35-39)45-26-13-14-27-47(45)56(48)42-23-11-4-12-24-42/h1-35H. The molecule has 5 heteroatoms. The van der Waals surface area contributed by atoms with E-state index in [-0.39, 0.29) is 0 Å². The maximum atomic E-state index is 5.01. The van der Waals surface area contributed by atoms with Crippen LogP contribution in [0.1, 0.15) is 0 Å². The van der Waals surface area contributed by atoms with Crippen LogP contribution in [0.2, 0.25) is 0 Å². The van der Waals surface area contributed by atoms with E-state index in [1.165, 1.54) is 27.4 Å². The van der Waals surface area contributed by atoms with Crippen molar-refractivity contribution in [3.63, 3.8) is 0 Å². The van der Waals surface area contributed by atoms with Crippen LogP contribution in [0.4, 0.5) is 17.1 Å². The van der Waals surface area contributed by atoms with Crippen LogP contribution in [-0.4, -0.2) is 19.5 Å². The number of aromatic nitrogens is 4. The molecule has 0 aliphatic carbocycles. The van der Waals surface area contributed by atoms with Gasteiger partial charge >= 0.3 is 0 Å². The molecule has 2 heterocycles. The lowest BCUT2D eigenvalue weighted by Crippen LogP contribution is -2.10. The van der Waals surface area contributed by atoms with Gasteiger partial charge in [-0.3, -0.25) is 0 Å². The summed E-state index contributed by atoms with van der Waals surface area (Å²) in [4.78, 5) is 17.2. The molecule has 2 aromatic heterocycles. The van der Waals surface area contributed by atoms with Crippen molar-refractivity contribution in [1.29, 1.82) is 0 Å². The fraction of sp³-hybridized carbons (Fsp3) is 0. The summed E-state index contributed by atoms with van der Waals surface area (Å²) >= 11 is 0. The van der Waals surface area contributed by atoms with Crippen molar-refractivity contribution in [1.82, 2.24) is 19.5 Å². The Morgan fingerprint density at radius 2 is 0.786 bits per heavy atom. The van der Waals surface area contributed by atoms with Gasteiger partial charge in [0.15, 0.2) is 17.5 Å². The van der Waals surface area contributed by atoms with Crippen LogP contribution >= 0.6 is 0 Å². The number of hydrogen-bond donors (Lipinski definition) is 0. The average Bonchev–Trinajstić information content (AvgIpc) is 3.62. The Bertz CT molecular complexity index is 2880. The van der Waals surface area contributed by atoms with Crippen LogP contribution in [-0.2, 0) is 0 Å². The Balaban J connectivity index is 1.04. The van der Waals surface area contributed by atoms with E-state index >= 15 is 0 Å². The molecule has 0 aliphatic heterocycles. The van der Waals surface area contributed by atoms with Crippen molar-refractivity contribution in [2.45, 2.75) is 0 Å². The smallest absolute Gasteiger partial charge is 0.164 e. The average molecular weight is 718 g/mol. The highest BCUT2D eigenvalue weighted by Crippen LogP contribution is 2.39. The summed E-state index contributed by atoms with van der Waals surface area (Å²) in [6.07, 6.45) is 0. The topological polar surface area (TPSA) is 46.8 Å². The van der Waals surface area contributed by atoms with Crippen LogP contribution in [0.15, 0.2) is 212 Å². The number of hydrogen-bond acceptors (Lipinski definition) is 4. The highest BCUT2D eigenvalue weighted by molar-refractivity contribution is 6.10. The van der Waals surface area contributed by atoms with E-state index < -0.39 is 0 Å². The molecule has 264 valence electrons. The first kappa shape index (κ1) is 33.0. The molecule has 0 saturated heterocycles. The molecule has 0 radical (unpaired) electrons. The number of fused-ring (bicyclic) bond motifs is 3. The second kappa shape index (κ2) is 14.3. The minimum atomic E-state index is 0.618. The number of para-hydroxylation sites is 3. The van der Waals surface area contributed by atoms with Crippen LogP contribution in [0.25, 0.3) is 72.8 Å². The minimum absolute atomic E-state index is 0.618. The van der Waals surface area contributed by atoms with Gasteiger partial charge in [0.25, 0.3) is 0 Å². The van der Waals surface area contributed by atoms with Crippen molar-refractivity contribution in [2.75, 3.05) is 4.90 Å². The Kier molecular flexibility index (Phi) is 8.43. The first-order valence-electron chi connectivity index (χ1n) is 18.8. The molecule has 0 aliphatic rings. The highest BCUT2D eigenvalue weighted by atomic mass is 15.1. The lowest BCUT2D eigenvalue weighted by molar-refractivity contribution is 1.07. The predicted molar refractivity (Wildman–Crippen MR) is 231 cm³/mol. The zero-order valence-corrected chi connectivity index (χ0v) is 30.4. The SMILES string of the molecule is c1ccc(-c2nc(-c3ccccc3)nc(-c3cccc(N(c4ccccc4)c4ccc(-c5ccc6c(c5)c5ccccc5n6-c5ccccc5)cc4)c3)n2)cc1. The Labute approximate surface area is 325 Å². The third-order valence-corrected chi connectivity index (χ3v) is 10.2. The quantitative estimate of drug-likeness (QED) is 0.157. The largest absolute Gasteiger partial charge is 0.310 e. The first-order chi connectivity index (χ1) is 27.8. The summed E-state index contributed by atoms with van der Waals surface area (Å²) in [5.41, 5.74) is 11.8. The molecule has 56 heavy (non-hydrogen) atoms. The molecular formula is C51H35N5. The second-order valence-electron chi connectivity index (χ2n) is 13.7. The van der Waals surface area contributed by atoms with Gasteiger partial charge in [0.05, 0.1) is 11.0 Å². The summed E-state index contributed by atoms with van der Waals surface area (Å²) < 4.78 is 2.35. The molecule has 10 rings (SSSR count). The van der Waals surface area contributed by atoms with E-state index in [1.807, 2.05) is 66.7 Å². The van der Waals surface area contributed by atoms with Gasteiger partial charge in [-0.05, 0) is 77.9 Å². The van der Waals surface area contributed by atoms with E-state index in [1.54, 1.807) is 0 Å². The van der Waals surface area contributed by atoms with E-state index in [9.17, 15) is 0 Å². The van der Waals surface area contributed by atoms with Crippen molar-refractivity contribution in [3.8, 4) is 51.0 Å². The minimum Gasteiger partial charge on any atom is -0.310 e. The van der Waals surface area contributed by atoms with Gasteiger partial charge < -0.3 is 9.47 Å². The summed E-state index contributed by atoms with van der Waals surface area (Å²) in [7, 11) is 0. The lowest BCUT2D eigenvalue weighted by atomic mass is 10.0. The maximum absolute atomic E-state index is 5.01. The molecule has 0 saturated carbocycles. The molecular weight excluding hydrogens is 683 g/mol. The number of rotatable bonds is 8. The monoisotopic (exact) mass is 717 g/mol. The summed E-state index contributed by atoms with van der Waals surface area (Å²) in [5.74, 6) is 1.89. The van der Waals surface area contributed by atoms with Crippen molar-refractivity contribution in [2.24, 2.45) is 0 Å². The Morgan fingerprint density at radius 3 is 1.45 bits per heavy atom. The Morgan fingerprint density at radius 1 is 0.304 bits per heavy atom. The molecule has 8 aromatic carbocycles. The third kappa shape index (κ3) is 6.17. The molecule has 0 bridgehead atoms. The zero-order chi connectivity index (χ0) is 37.3. The predicted octanol–water partition coefficient (Wildman–Crippen LogP) is 13.1.